The highest BCUT2D eigenvalue weighted by atomic mass is 16.5. The van der Waals surface area contributed by atoms with E-state index in [0.29, 0.717) is 6.10 Å². The average molecular weight is 227 g/mol. The van der Waals surface area contributed by atoms with Crippen molar-refractivity contribution < 1.29 is 9.47 Å². The van der Waals surface area contributed by atoms with Gasteiger partial charge in [0, 0.05) is 26.4 Å². The molecule has 2 heterocycles. The van der Waals surface area contributed by atoms with E-state index in [2.05, 4.69) is 12.2 Å². The van der Waals surface area contributed by atoms with Crippen LogP contribution in [-0.4, -0.2) is 39.0 Å². The first-order valence-corrected chi connectivity index (χ1v) is 6.80. The van der Waals surface area contributed by atoms with Gasteiger partial charge in [-0.05, 0) is 44.1 Å². The quantitative estimate of drug-likeness (QED) is 0.777. The van der Waals surface area contributed by atoms with Crippen LogP contribution < -0.4 is 5.32 Å². The Morgan fingerprint density at radius 3 is 2.62 bits per heavy atom. The van der Waals surface area contributed by atoms with Crippen molar-refractivity contribution in [2.45, 2.75) is 38.7 Å². The lowest BCUT2D eigenvalue weighted by atomic mass is 9.97. The maximum Gasteiger partial charge on any atom is 0.0613 e. The van der Waals surface area contributed by atoms with E-state index in [1.807, 2.05) is 0 Å². The van der Waals surface area contributed by atoms with Gasteiger partial charge in [-0.15, -0.1) is 0 Å². The molecule has 0 amide bonds. The minimum Gasteiger partial charge on any atom is -0.381 e. The summed E-state index contributed by atoms with van der Waals surface area (Å²) in [5.74, 6) is 1.57. The summed E-state index contributed by atoms with van der Waals surface area (Å²) < 4.78 is 11.1. The van der Waals surface area contributed by atoms with Crippen LogP contribution in [0.25, 0.3) is 0 Å². The minimum absolute atomic E-state index is 0.502. The normalized spacial score (nSPS) is 32.1. The first-order chi connectivity index (χ1) is 7.90. The highest BCUT2D eigenvalue weighted by Crippen LogP contribution is 2.22. The van der Waals surface area contributed by atoms with Crippen molar-refractivity contribution in [3.05, 3.63) is 0 Å². The molecule has 2 saturated heterocycles. The molecule has 0 aromatic heterocycles. The number of ether oxygens (including phenoxy) is 2. The zero-order valence-corrected chi connectivity index (χ0v) is 10.4. The Kier molecular flexibility index (Phi) is 5.07. The zero-order chi connectivity index (χ0) is 11.2. The van der Waals surface area contributed by atoms with Gasteiger partial charge < -0.3 is 14.8 Å². The number of rotatable bonds is 5. The Morgan fingerprint density at radius 1 is 1.06 bits per heavy atom. The molecule has 0 spiro atoms. The molecule has 0 aliphatic carbocycles. The van der Waals surface area contributed by atoms with Crippen molar-refractivity contribution in [1.82, 2.24) is 5.32 Å². The molecule has 3 nitrogen and oxygen atoms in total. The molecule has 0 bridgehead atoms. The molecule has 2 atom stereocenters. The average Bonchev–Trinajstić information content (AvgIpc) is 2.78. The molecule has 0 saturated carbocycles. The van der Waals surface area contributed by atoms with Crippen molar-refractivity contribution in [3.63, 3.8) is 0 Å². The molecule has 0 radical (unpaired) electrons. The Labute approximate surface area is 98.9 Å². The van der Waals surface area contributed by atoms with Crippen molar-refractivity contribution in [2.75, 3.05) is 32.9 Å². The van der Waals surface area contributed by atoms with Crippen LogP contribution in [0.3, 0.4) is 0 Å². The van der Waals surface area contributed by atoms with Crippen LogP contribution in [0.4, 0.5) is 0 Å². The van der Waals surface area contributed by atoms with E-state index >= 15 is 0 Å². The first kappa shape index (κ1) is 12.3. The van der Waals surface area contributed by atoms with Crippen LogP contribution in [-0.2, 0) is 9.47 Å². The van der Waals surface area contributed by atoms with Crippen molar-refractivity contribution in [1.29, 1.82) is 0 Å². The lowest BCUT2D eigenvalue weighted by molar-refractivity contribution is 0.0643. The lowest BCUT2D eigenvalue weighted by Gasteiger charge is -2.24. The van der Waals surface area contributed by atoms with Gasteiger partial charge in [0.2, 0.25) is 0 Å². The lowest BCUT2D eigenvalue weighted by Crippen LogP contribution is -2.33. The maximum atomic E-state index is 5.70. The van der Waals surface area contributed by atoms with Crippen LogP contribution in [0.5, 0.6) is 0 Å². The van der Waals surface area contributed by atoms with E-state index in [4.69, 9.17) is 9.47 Å². The van der Waals surface area contributed by atoms with Crippen molar-refractivity contribution in [2.24, 2.45) is 11.8 Å². The highest BCUT2D eigenvalue weighted by molar-refractivity contribution is 4.77. The van der Waals surface area contributed by atoms with Gasteiger partial charge in [-0.25, -0.2) is 0 Å². The molecule has 2 unspecified atom stereocenters. The predicted molar refractivity (Wildman–Crippen MR) is 64.6 cm³/mol. The number of hydrogen-bond donors (Lipinski definition) is 1. The maximum absolute atomic E-state index is 5.70. The highest BCUT2D eigenvalue weighted by Gasteiger charge is 2.26. The van der Waals surface area contributed by atoms with Crippen LogP contribution in [0.2, 0.25) is 0 Å². The van der Waals surface area contributed by atoms with Crippen molar-refractivity contribution >= 4 is 0 Å². The van der Waals surface area contributed by atoms with Crippen LogP contribution in [0.1, 0.15) is 32.6 Å². The fourth-order valence-electron chi connectivity index (χ4n) is 2.80. The molecule has 2 rings (SSSR count). The fourth-order valence-corrected chi connectivity index (χ4v) is 2.80. The fraction of sp³-hybridized carbons (Fsp3) is 1.00. The van der Waals surface area contributed by atoms with Gasteiger partial charge >= 0.3 is 0 Å². The third-order valence-corrected chi connectivity index (χ3v) is 3.93. The molecular formula is C13H25NO2. The summed E-state index contributed by atoms with van der Waals surface area (Å²) in [6, 6.07) is 0. The molecule has 94 valence electrons. The SMILES string of the molecule is CCC1OCCC1CNCC1CCOCC1. The summed E-state index contributed by atoms with van der Waals surface area (Å²) in [5.41, 5.74) is 0. The molecule has 1 N–H and O–H groups in total. The van der Waals surface area contributed by atoms with E-state index in [0.717, 1.165) is 51.2 Å². The standard InChI is InChI=1S/C13H25NO2/c1-2-13-12(5-8-16-13)10-14-9-11-3-6-15-7-4-11/h11-14H,2-10H2,1H3. The Hall–Kier alpha value is -0.120. The molecule has 2 fully saturated rings. The summed E-state index contributed by atoms with van der Waals surface area (Å²) in [6.45, 7) is 7.39. The Morgan fingerprint density at radius 2 is 1.88 bits per heavy atom. The molecular weight excluding hydrogens is 202 g/mol. The van der Waals surface area contributed by atoms with E-state index in [-0.39, 0.29) is 0 Å². The topological polar surface area (TPSA) is 30.5 Å². The van der Waals surface area contributed by atoms with Crippen molar-refractivity contribution in [3.8, 4) is 0 Å². The molecule has 2 aliphatic heterocycles. The first-order valence-electron chi connectivity index (χ1n) is 6.80. The minimum atomic E-state index is 0.502. The smallest absolute Gasteiger partial charge is 0.0613 e. The van der Waals surface area contributed by atoms with Gasteiger partial charge in [0.05, 0.1) is 6.10 Å². The second-order valence-corrected chi connectivity index (χ2v) is 5.08. The third kappa shape index (κ3) is 3.44. The number of hydrogen-bond acceptors (Lipinski definition) is 3. The van der Waals surface area contributed by atoms with E-state index in [1.54, 1.807) is 0 Å². The van der Waals surface area contributed by atoms with E-state index in [1.165, 1.54) is 19.3 Å². The molecule has 16 heavy (non-hydrogen) atoms. The predicted octanol–water partition coefficient (Wildman–Crippen LogP) is 1.82. The van der Waals surface area contributed by atoms with Crippen LogP contribution in [0.15, 0.2) is 0 Å². The summed E-state index contributed by atoms with van der Waals surface area (Å²) in [7, 11) is 0. The van der Waals surface area contributed by atoms with Gasteiger partial charge in [0.15, 0.2) is 0 Å². The van der Waals surface area contributed by atoms with Gasteiger partial charge in [-0.2, -0.15) is 0 Å². The summed E-state index contributed by atoms with van der Waals surface area (Å²) >= 11 is 0. The van der Waals surface area contributed by atoms with E-state index in [9.17, 15) is 0 Å². The Balaban J connectivity index is 1.59. The summed E-state index contributed by atoms with van der Waals surface area (Å²) in [6.07, 6.45) is 5.35. The van der Waals surface area contributed by atoms with Crippen LogP contribution >= 0.6 is 0 Å². The molecule has 2 aliphatic rings. The second-order valence-electron chi connectivity index (χ2n) is 5.08. The van der Waals surface area contributed by atoms with Gasteiger partial charge in [-0.1, -0.05) is 6.92 Å². The molecule has 0 aromatic carbocycles. The van der Waals surface area contributed by atoms with E-state index < -0.39 is 0 Å². The number of nitrogens with one attached hydrogen (secondary N) is 1. The molecule has 3 heteroatoms. The van der Waals surface area contributed by atoms with Crippen LogP contribution in [0, 0.1) is 11.8 Å². The van der Waals surface area contributed by atoms with Gasteiger partial charge in [0.1, 0.15) is 0 Å². The molecule has 0 aromatic rings. The second kappa shape index (κ2) is 6.58. The van der Waals surface area contributed by atoms with Gasteiger partial charge in [-0.3, -0.25) is 0 Å². The zero-order valence-electron chi connectivity index (χ0n) is 10.4. The van der Waals surface area contributed by atoms with Gasteiger partial charge in [0.25, 0.3) is 0 Å². The third-order valence-electron chi connectivity index (χ3n) is 3.93. The summed E-state index contributed by atoms with van der Waals surface area (Å²) in [4.78, 5) is 0. The largest absolute Gasteiger partial charge is 0.381 e. The summed E-state index contributed by atoms with van der Waals surface area (Å²) in [5, 5.41) is 3.63. The Bertz CT molecular complexity index is 192. The monoisotopic (exact) mass is 227 g/mol.